The summed E-state index contributed by atoms with van der Waals surface area (Å²) in [5.74, 6) is 0.610. The van der Waals surface area contributed by atoms with Crippen LogP contribution >= 0.6 is 31.9 Å². The van der Waals surface area contributed by atoms with Crippen molar-refractivity contribution in [1.29, 1.82) is 0 Å². The highest BCUT2D eigenvalue weighted by molar-refractivity contribution is 9.12. The van der Waals surface area contributed by atoms with Crippen LogP contribution in [0.1, 0.15) is 16.0 Å². The van der Waals surface area contributed by atoms with Crippen LogP contribution in [0, 0.1) is 17.0 Å². The first-order valence-electron chi connectivity index (χ1n) is 6.69. The SMILES string of the molecule is Cc1ccc([C@@H](Br)[C@@H](Br)COc2ccc([N+](=O)[O-])cc2)cc1. The van der Waals surface area contributed by atoms with Gasteiger partial charge >= 0.3 is 0 Å². The van der Waals surface area contributed by atoms with Crippen LogP contribution in [0.15, 0.2) is 48.5 Å². The number of rotatable bonds is 6. The third kappa shape index (κ3) is 4.55. The van der Waals surface area contributed by atoms with Crippen LogP contribution in [0.25, 0.3) is 0 Å². The van der Waals surface area contributed by atoms with Crippen LogP contribution in [0.4, 0.5) is 5.69 Å². The van der Waals surface area contributed by atoms with Crippen molar-refractivity contribution >= 4 is 37.5 Å². The molecule has 22 heavy (non-hydrogen) atoms. The standard InChI is InChI=1S/C16H15Br2NO3/c1-11-2-4-12(5-3-11)16(18)15(17)10-22-14-8-6-13(7-9-14)19(20)21/h2-9,15-16H,10H2,1H3/t15-,16+/m0/s1. The number of hydrogen-bond donors (Lipinski definition) is 0. The Hall–Kier alpha value is -1.40. The van der Waals surface area contributed by atoms with Crippen LogP contribution in [-0.4, -0.2) is 16.4 Å². The van der Waals surface area contributed by atoms with Gasteiger partial charge in [-0.3, -0.25) is 10.1 Å². The number of ether oxygens (including phenoxy) is 1. The number of benzene rings is 2. The molecule has 0 N–H and O–H groups in total. The Labute approximate surface area is 145 Å². The van der Waals surface area contributed by atoms with E-state index in [4.69, 9.17) is 4.74 Å². The quantitative estimate of drug-likeness (QED) is 0.361. The molecule has 0 fully saturated rings. The average Bonchev–Trinajstić information content (AvgIpc) is 2.53. The van der Waals surface area contributed by atoms with Gasteiger partial charge in [0.2, 0.25) is 0 Å². The van der Waals surface area contributed by atoms with Crippen molar-refractivity contribution in [1.82, 2.24) is 0 Å². The maximum Gasteiger partial charge on any atom is 0.269 e. The second-order valence-electron chi connectivity index (χ2n) is 4.89. The molecule has 0 saturated carbocycles. The number of halogens is 2. The molecule has 6 heteroatoms. The molecule has 2 aromatic rings. The van der Waals surface area contributed by atoms with Crippen molar-refractivity contribution in [2.24, 2.45) is 0 Å². The summed E-state index contributed by atoms with van der Waals surface area (Å²) in [4.78, 5) is 10.4. The van der Waals surface area contributed by atoms with E-state index in [2.05, 4.69) is 63.0 Å². The van der Waals surface area contributed by atoms with Crippen molar-refractivity contribution < 1.29 is 9.66 Å². The van der Waals surface area contributed by atoms with Crippen molar-refractivity contribution in [2.75, 3.05) is 6.61 Å². The molecule has 0 spiro atoms. The second kappa shape index (κ2) is 7.74. The van der Waals surface area contributed by atoms with E-state index in [1.165, 1.54) is 23.3 Å². The lowest BCUT2D eigenvalue weighted by atomic mass is 10.1. The monoisotopic (exact) mass is 427 g/mol. The molecule has 2 rings (SSSR count). The van der Waals surface area contributed by atoms with E-state index < -0.39 is 4.92 Å². The molecule has 4 nitrogen and oxygen atoms in total. The van der Waals surface area contributed by atoms with Crippen LogP contribution < -0.4 is 4.74 Å². The van der Waals surface area contributed by atoms with Gasteiger partial charge in [-0.2, -0.15) is 0 Å². The van der Waals surface area contributed by atoms with Crippen LogP contribution in [0.3, 0.4) is 0 Å². The molecule has 0 aliphatic rings. The number of alkyl halides is 2. The molecule has 0 aliphatic heterocycles. The number of aryl methyl sites for hydroxylation is 1. The molecule has 116 valence electrons. The Morgan fingerprint density at radius 2 is 1.68 bits per heavy atom. The maximum absolute atomic E-state index is 10.6. The molecule has 0 bridgehead atoms. The van der Waals surface area contributed by atoms with Gasteiger partial charge in [-0.1, -0.05) is 61.7 Å². The maximum atomic E-state index is 10.6. The summed E-state index contributed by atoms with van der Waals surface area (Å²) in [5.41, 5.74) is 2.44. The molecular formula is C16H15Br2NO3. The van der Waals surface area contributed by atoms with Gasteiger partial charge in [0.1, 0.15) is 12.4 Å². The first-order valence-corrected chi connectivity index (χ1v) is 8.52. The van der Waals surface area contributed by atoms with E-state index in [9.17, 15) is 10.1 Å². The Morgan fingerprint density at radius 3 is 2.23 bits per heavy atom. The van der Waals surface area contributed by atoms with Crippen molar-refractivity contribution in [3.05, 3.63) is 69.8 Å². The zero-order valence-corrected chi connectivity index (χ0v) is 15.1. The van der Waals surface area contributed by atoms with E-state index in [1.807, 2.05) is 0 Å². The summed E-state index contributed by atoms with van der Waals surface area (Å²) < 4.78 is 5.67. The zero-order valence-electron chi connectivity index (χ0n) is 11.9. The lowest BCUT2D eigenvalue weighted by Crippen LogP contribution is -2.16. The lowest BCUT2D eigenvalue weighted by molar-refractivity contribution is -0.384. The number of nitrogens with zero attached hydrogens (tertiary/aromatic N) is 1. The zero-order chi connectivity index (χ0) is 16.1. The number of hydrogen-bond acceptors (Lipinski definition) is 3. The summed E-state index contributed by atoms with van der Waals surface area (Å²) in [6, 6.07) is 14.4. The van der Waals surface area contributed by atoms with Gasteiger partial charge < -0.3 is 4.74 Å². The summed E-state index contributed by atoms with van der Waals surface area (Å²) in [5, 5.41) is 10.6. The van der Waals surface area contributed by atoms with Gasteiger partial charge in [-0.25, -0.2) is 0 Å². The number of nitro groups is 1. The van der Waals surface area contributed by atoms with Gasteiger partial charge in [0.05, 0.1) is 14.6 Å². The molecule has 0 radical (unpaired) electrons. The van der Waals surface area contributed by atoms with Crippen molar-refractivity contribution in [2.45, 2.75) is 16.6 Å². The van der Waals surface area contributed by atoms with Crippen LogP contribution in [0.2, 0.25) is 0 Å². The minimum Gasteiger partial charge on any atom is -0.492 e. The third-order valence-corrected chi connectivity index (χ3v) is 5.84. The van der Waals surface area contributed by atoms with E-state index in [0.717, 1.165) is 0 Å². The normalized spacial score (nSPS) is 13.4. The molecule has 0 aliphatic carbocycles. The van der Waals surface area contributed by atoms with Gasteiger partial charge in [0.15, 0.2) is 0 Å². The minimum absolute atomic E-state index is 0.0563. The van der Waals surface area contributed by atoms with Crippen LogP contribution in [-0.2, 0) is 0 Å². The highest BCUT2D eigenvalue weighted by atomic mass is 79.9. The molecule has 2 aromatic carbocycles. The predicted molar refractivity (Wildman–Crippen MR) is 94.2 cm³/mol. The fourth-order valence-electron chi connectivity index (χ4n) is 1.88. The number of nitro benzene ring substituents is 1. The molecule has 0 heterocycles. The molecule has 0 unspecified atom stereocenters. The van der Waals surface area contributed by atoms with E-state index >= 15 is 0 Å². The van der Waals surface area contributed by atoms with E-state index in [-0.39, 0.29) is 15.3 Å². The molecular weight excluding hydrogens is 414 g/mol. The Kier molecular flexibility index (Phi) is 5.97. The third-order valence-electron chi connectivity index (χ3n) is 3.17. The molecule has 0 amide bonds. The van der Waals surface area contributed by atoms with Gasteiger partial charge in [0, 0.05) is 12.1 Å². The fourth-order valence-corrected chi connectivity index (χ4v) is 2.78. The lowest BCUT2D eigenvalue weighted by Gasteiger charge is -2.18. The highest BCUT2D eigenvalue weighted by Gasteiger charge is 2.18. The first kappa shape index (κ1) is 17.0. The van der Waals surface area contributed by atoms with E-state index in [1.54, 1.807) is 12.1 Å². The first-order chi connectivity index (χ1) is 10.5. The van der Waals surface area contributed by atoms with Crippen molar-refractivity contribution in [3.63, 3.8) is 0 Å². The average molecular weight is 429 g/mol. The number of non-ortho nitro benzene ring substituents is 1. The van der Waals surface area contributed by atoms with Crippen molar-refractivity contribution in [3.8, 4) is 5.75 Å². The smallest absolute Gasteiger partial charge is 0.269 e. The van der Waals surface area contributed by atoms with Gasteiger partial charge in [-0.05, 0) is 24.6 Å². The summed E-state index contributed by atoms with van der Waals surface area (Å²) in [6.07, 6.45) is 0. The van der Waals surface area contributed by atoms with Gasteiger partial charge in [0.25, 0.3) is 5.69 Å². The Bertz CT molecular complexity index is 629. The van der Waals surface area contributed by atoms with Gasteiger partial charge in [-0.15, -0.1) is 0 Å². The Morgan fingerprint density at radius 1 is 1.09 bits per heavy atom. The summed E-state index contributed by atoms with van der Waals surface area (Å²) in [7, 11) is 0. The molecule has 2 atom stereocenters. The van der Waals surface area contributed by atoms with Crippen LogP contribution in [0.5, 0.6) is 5.75 Å². The summed E-state index contributed by atoms with van der Waals surface area (Å²) in [6.45, 7) is 2.50. The topological polar surface area (TPSA) is 52.4 Å². The largest absolute Gasteiger partial charge is 0.492 e. The fraction of sp³-hybridized carbons (Fsp3) is 0.250. The minimum atomic E-state index is -0.428. The molecule has 0 saturated heterocycles. The molecule has 0 aromatic heterocycles. The predicted octanol–water partition coefficient (Wildman–Crippen LogP) is 5.18. The highest BCUT2D eigenvalue weighted by Crippen LogP contribution is 2.32. The van der Waals surface area contributed by atoms with E-state index in [0.29, 0.717) is 12.4 Å². The summed E-state index contributed by atoms with van der Waals surface area (Å²) >= 11 is 7.28. The second-order valence-corrected chi connectivity index (χ2v) is 7.05. The Balaban J connectivity index is 1.92.